The molecule has 0 radical (unpaired) electrons. The van der Waals surface area contributed by atoms with Crippen molar-refractivity contribution in [3.8, 4) is 17.2 Å². The molecule has 24 heavy (non-hydrogen) atoms. The van der Waals surface area contributed by atoms with Crippen LogP contribution in [0.5, 0.6) is 17.2 Å². The fourth-order valence-electron chi connectivity index (χ4n) is 2.13. The van der Waals surface area contributed by atoms with Crippen molar-refractivity contribution in [2.75, 3.05) is 41.5 Å². The Balaban J connectivity index is 3.52. The number of nitrogens with zero attached hydrogens (tertiary/aromatic N) is 1. The number of hydrogen-bond donors (Lipinski definition) is 1. The predicted molar refractivity (Wildman–Crippen MR) is 84.6 cm³/mol. The summed E-state index contributed by atoms with van der Waals surface area (Å²) in [6.07, 6.45) is 0.295. The van der Waals surface area contributed by atoms with Crippen molar-refractivity contribution in [2.45, 2.75) is 13.3 Å². The number of nitro groups is 1. The van der Waals surface area contributed by atoms with E-state index in [0.29, 0.717) is 17.7 Å². The summed E-state index contributed by atoms with van der Waals surface area (Å²) in [6, 6.07) is 1.22. The van der Waals surface area contributed by atoms with Gasteiger partial charge in [-0.2, -0.15) is 0 Å². The third-order valence-corrected chi connectivity index (χ3v) is 3.19. The maximum atomic E-state index is 11.4. The van der Waals surface area contributed by atoms with Crippen molar-refractivity contribution < 1.29 is 33.7 Å². The van der Waals surface area contributed by atoms with Crippen LogP contribution in [0.3, 0.4) is 0 Å². The highest BCUT2D eigenvalue weighted by molar-refractivity contribution is 5.64. The van der Waals surface area contributed by atoms with Crippen LogP contribution in [0, 0.1) is 16.0 Å². The summed E-state index contributed by atoms with van der Waals surface area (Å²) >= 11 is 0. The Bertz CT molecular complexity index is 549. The lowest BCUT2D eigenvalue weighted by molar-refractivity contribution is -0.386. The number of nitro benzene ring substituents is 1. The van der Waals surface area contributed by atoms with Crippen molar-refractivity contribution in [3.63, 3.8) is 0 Å². The molecule has 0 aromatic heterocycles. The molecule has 1 aromatic rings. The van der Waals surface area contributed by atoms with E-state index in [1.807, 2.05) is 0 Å². The van der Waals surface area contributed by atoms with Gasteiger partial charge < -0.3 is 28.8 Å². The van der Waals surface area contributed by atoms with Crippen molar-refractivity contribution in [2.24, 2.45) is 5.92 Å². The molecule has 1 N–H and O–H groups in total. The smallest absolute Gasteiger partial charge is 0.315 e. The van der Waals surface area contributed by atoms with Crippen LogP contribution in [0.15, 0.2) is 6.07 Å². The molecular formula is C15H23NO8. The number of aliphatic hydroxyl groups excluding tert-OH is 1. The van der Waals surface area contributed by atoms with Crippen LogP contribution in [-0.2, 0) is 15.9 Å². The Morgan fingerprint density at radius 1 is 1.17 bits per heavy atom. The normalized spacial score (nSPS) is 11.9. The number of methoxy groups -OCH3 is 3. The van der Waals surface area contributed by atoms with E-state index in [9.17, 15) is 15.2 Å². The molecule has 0 saturated heterocycles. The third-order valence-electron chi connectivity index (χ3n) is 3.19. The van der Waals surface area contributed by atoms with Gasteiger partial charge in [-0.1, -0.05) is 6.92 Å². The van der Waals surface area contributed by atoms with E-state index in [4.69, 9.17) is 23.7 Å². The lowest BCUT2D eigenvalue weighted by Crippen LogP contribution is -2.12. The first kappa shape index (κ1) is 19.9. The Morgan fingerprint density at radius 3 is 2.29 bits per heavy atom. The van der Waals surface area contributed by atoms with Crippen LogP contribution in [0.25, 0.3) is 0 Å². The highest BCUT2D eigenvalue weighted by atomic mass is 16.7. The van der Waals surface area contributed by atoms with Crippen molar-refractivity contribution in [1.29, 1.82) is 0 Å². The maximum Gasteiger partial charge on any atom is 0.315 e. The second kappa shape index (κ2) is 9.91. The van der Waals surface area contributed by atoms with Crippen LogP contribution in [0.1, 0.15) is 12.5 Å². The standard InChI is InChI=1S/C15H23NO8/c1-10(7-17)5-11-14(24-9-21-3)12(16(18)19)6-13(15(11)22-4)23-8-20-2/h6,10,17H,5,7-9H2,1-4H3/t10-/m1/s1. The molecule has 0 fully saturated rings. The number of aliphatic hydroxyl groups is 1. The molecule has 0 saturated carbocycles. The molecule has 0 bridgehead atoms. The summed E-state index contributed by atoms with van der Waals surface area (Å²) < 4.78 is 25.9. The van der Waals surface area contributed by atoms with Gasteiger partial charge in [-0.05, 0) is 12.3 Å². The Morgan fingerprint density at radius 2 is 1.79 bits per heavy atom. The average Bonchev–Trinajstić information content (AvgIpc) is 2.57. The molecule has 136 valence electrons. The van der Waals surface area contributed by atoms with E-state index in [1.54, 1.807) is 6.92 Å². The number of ether oxygens (including phenoxy) is 5. The minimum Gasteiger partial charge on any atom is -0.492 e. The fourth-order valence-corrected chi connectivity index (χ4v) is 2.13. The second-order valence-electron chi connectivity index (χ2n) is 5.09. The Hall–Kier alpha value is -2.10. The molecule has 0 aliphatic heterocycles. The molecule has 9 heteroatoms. The monoisotopic (exact) mass is 345 g/mol. The zero-order valence-electron chi connectivity index (χ0n) is 14.2. The van der Waals surface area contributed by atoms with Crippen LogP contribution >= 0.6 is 0 Å². The van der Waals surface area contributed by atoms with Gasteiger partial charge in [-0.15, -0.1) is 0 Å². The zero-order valence-corrected chi connectivity index (χ0v) is 14.2. The van der Waals surface area contributed by atoms with Gasteiger partial charge >= 0.3 is 5.69 Å². The van der Waals surface area contributed by atoms with E-state index in [-0.39, 0.29) is 43.3 Å². The summed E-state index contributed by atoms with van der Waals surface area (Å²) in [5.74, 6) is 0.324. The molecule has 1 aromatic carbocycles. The molecule has 0 heterocycles. The van der Waals surface area contributed by atoms with Crippen LogP contribution in [-0.4, -0.2) is 51.6 Å². The van der Waals surface area contributed by atoms with Gasteiger partial charge in [0.2, 0.25) is 5.75 Å². The first-order valence-electron chi connectivity index (χ1n) is 7.22. The summed E-state index contributed by atoms with van der Waals surface area (Å²) in [6.45, 7) is 1.45. The molecule has 0 amide bonds. The second-order valence-corrected chi connectivity index (χ2v) is 5.09. The molecule has 0 unspecified atom stereocenters. The van der Waals surface area contributed by atoms with E-state index in [2.05, 4.69) is 0 Å². The van der Waals surface area contributed by atoms with Gasteiger partial charge in [0.05, 0.1) is 18.1 Å². The van der Waals surface area contributed by atoms with E-state index in [0.717, 1.165) is 0 Å². The highest BCUT2D eigenvalue weighted by Gasteiger charge is 2.28. The topological polar surface area (TPSA) is 110 Å². The van der Waals surface area contributed by atoms with Crippen molar-refractivity contribution >= 4 is 5.69 Å². The maximum absolute atomic E-state index is 11.4. The quantitative estimate of drug-likeness (QED) is 0.367. The van der Waals surface area contributed by atoms with E-state index >= 15 is 0 Å². The first-order chi connectivity index (χ1) is 11.5. The number of rotatable bonds is 11. The largest absolute Gasteiger partial charge is 0.492 e. The SMILES string of the molecule is COCOc1cc([N+](=O)[O-])c(OCOC)c(C[C@@H](C)CO)c1OC. The number of benzene rings is 1. The van der Waals surface area contributed by atoms with Gasteiger partial charge in [-0.3, -0.25) is 10.1 Å². The summed E-state index contributed by atoms with van der Waals surface area (Å²) in [4.78, 5) is 10.9. The Labute approximate surface area is 140 Å². The lowest BCUT2D eigenvalue weighted by atomic mass is 9.98. The molecule has 1 rings (SSSR count). The molecule has 1 atom stereocenters. The predicted octanol–water partition coefficient (Wildman–Crippen LogP) is 1.74. The molecule has 0 aliphatic rings. The van der Waals surface area contributed by atoms with Gasteiger partial charge in [0.1, 0.15) is 0 Å². The Kier molecular flexibility index (Phi) is 8.24. The number of hydrogen-bond acceptors (Lipinski definition) is 8. The molecule has 9 nitrogen and oxygen atoms in total. The summed E-state index contributed by atoms with van der Waals surface area (Å²) in [5.41, 5.74) is 0.149. The highest BCUT2D eigenvalue weighted by Crippen LogP contribution is 2.45. The van der Waals surface area contributed by atoms with Crippen LogP contribution in [0.4, 0.5) is 5.69 Å². The minimum absolute atomic E-state index is 0.0313. The van der Waals surface area contributed by atoms with Crippen molar-refractivity contribution in [3.05, 3.63) is 21.7 Å². The van der Waals surface area contributed by atoms with E-state index < -0.39 is 4.92 Å². The van der Waals surface area contributed by atoms with Gasteiger partial charge in [0.25, 0.3) is 0 Å². The van der Waals surface area contributed by atoms with Gasteiger partial charge in [0.15, 0.2) is 25.1 Å². The molecule has 0 spiro atoms. The van der Waals surface area contributed by atoms with E-state index in [1.165, 1.54) is 27.4 Å². The lowest BCUT2D eigenvalue weighted by Gasteiger charge is -2.19. The van der Waals surface area contributed by atoms with Crippen LogP contribution < -0.4 is 14.2 Å². The molecular weight excluding hydrogens is 322 g/mol. The fraction of sp³-hybridized carbons (Fsp3) is 0.600. The summed E-state index contributed by atoms with van der Waals surface area (Å²) in [7, 11) is 4.27. The zero-order chi connectivity index (χ0) is 18.1. The summed E-state index contributed by atoms with van der Waals surface area (Å²) in [5, 5.41) is 20.8. The van der Waals surface area contributed by atoms with Crippen molar-refractivity contribution in [1.82, 2.24) is 0 Å². The average molecular weight is 345 g/mol. The van der Waals surface area contributed by atoms with Crippen LogP contribution in [0.2, 0.25) is 0 Å². The van der Waals surface area contributed by atoms with Gasteiger partial charge in [0, 0.05) is 26.4 Å². The van der Waals surface area contributed by atoms with Gasteiger partial charge in [-0.25, -0.2) is 0 Å². The third kappa shape index (κ3) is 4.95. The minimum atomic E-state index is -0.572. The first-order valence-corrected chi connectivity index (χ1v) is 7.22. The molecule has 0 aliphatic carbocycles.